The van der Waals surface area contributed by atoms with Crippen molar-refractivity contribution in [2.24, 2.45) is 0 Å². The van der Waals surface area contributed by atoms with Gasteiger partial charge in [-0.15, -0.1) is 0 Å². The van der Waals surface area contributed by atoms with E-state index >= 15 is 0 Å². The van der Waals surface area contributed by atoms with Crippen LogP contribution in [0, 0.1) is 0 Å². The first-order chi connectivity index (χ1) is 5.55. The molecule has 1 aliphatic heterocycles. The van der Waals surface area contributed by atoms with Crippen LogP contribution >= 0.6 is 10.2 Å². The smallest absolute Gasteiger partial charge is 0.304 e. The molecule has 0 N–H and O–H groups in total. The molecule has 0 aromatic carbocycles. The fraction of sp³-hybridized carbons (Fsp3) is 0.667. The fourth-order valence-corrected chi connectivity index (χ4v) is 1.27. The second-order valence-electron chi connectivity index (χ2n) is 2.93. The van der Waals surface area contributed by atoms with Crippen LogP contribution in [0.25, 0.3) is 0 Å². The van der Waals surface area contributed by atoms with Gasteiger partial charge in [0.05, 0.1) is 18.1 Å². The van der Waals surface area contributed by atoms with Gasteiger partial charge in [0.15, 0.2) is 0 Å². The number of allylic oxidation sites excluding steroid dienone is 1. The van der Waals surface area contributed by atoms with Gasteiger partial charge in [0.25, 0.3) is 0 Å². The summed E-state index contributed by atoms with van der Waals surface area (Å²) in [5, 5.41) is -0.900. The largest absolute Gasteiger partial charge is 0.373 e. The van der Waals surface area contributed by atoms with Crippen molar-refractivity contribution in [3.63, 3.8) is 0 Å². The van der Waals surface area contributed by atoms with Gasteiger partial charge in [-0.2, -0.15) is 0 Å². The van der Waals surface area contributed by atoms with Crippen molar-refractivity contribution in [1.29, 1.82) is 0 Å². The molecule has 0 aliphatic carbocycles. The zero-order valence-corrected chi connectivity index (χ0v) is 7.38. The van der Waals surface area contributed by atoms with Gasteiger partial charge in [0, 0.05) is 0 Å². The molecule has 1 aliphatic rings. The van der Waals surface area contributed by atoms with Gasteiger partial charge >= 0.3 is 10.2 Å². The summed E-state index contributed by atoms with van der Waals surface area (Å²) in [7, 11) is -9.31. The molecular formula is C6H9F5OS. The standard InChI is InChI=1S/C6H9F5OS/c7-13(8,9,10,11)4-2-1-3-6-5-12-6/h2,4,6H,1,3,5H2/b4-2+. The maximum Gasteiger partial charge on any atom is 0.304 e. The van der Waals surface area contributed by atoms with Gasteiger partial charge < -0.3 is 4.74 Å². The van der Waals surface area contributed by atoms with E-state index in [2.05, 4.69) is 0 Å². The SMILES string of the molecule is FS(F)(F)(F)(F)/C=C/CCC1CO1. The molecule has 0 amide bonds. The molecule has 7 heteroatoms. The highest BCUT2D eigenvalue weighted by Gasteiger charge is 2.60. The second-order valence-corrected chi connectivity index (χ2v) is 5.26. The normalized spacial score (nSPS) is 28.5. The molecule has 0 bridgehead atoms. The van der Waals surface area contributed by atoms with E-state index in [0.29, 0.717) is 19.1 Å². The molecule has 0 aromatic heterocycles. The van der Waals surface area contributed by atoms with Crippen LogP contribution in [0.2, 0.25) is 0 Å². The van der Waals surface area contributed by atoms with E-state index < -0.39 is 15.6 Å². The Hall–Kier alpha value is -0.300. The first-order valence-corrected chi connectivity index (χ1v) is 5.60. The highest BCUT2D eigenvalue weighted by molar-refractivity contribution is 8.48. The van der Waals surface area contributed by atoms with E-state index in [1.807, 2.05) is 0 Å². The second kappa shape index (κ2) is 2.38. The zero-order chi connectivity index (χ0) is 10.2. The minimum Gasteiger partial charge on any atom is -0.373 e. The van der Waals surface area contributed by atoms with Gasteiger partial charge in [0.1, 0.15) is 0 Å². The van der Waals surface area contributed by atoms with E-state index in [0.717, 1.165) is 0 Å². The van der Waals surface area contributed by atoms with Gasteiger partial charge in [-0.3, -0.25) is 0 Å². The monoisotopic (exact) mass is 224 g/mol. The summed E-state index contributed by atoms with van der Waals surface area (Å²) in [4.78, 5) is 0. The predicted octanol–water partition coefficient (Wildman–Crippen LogP) is 3.98. The number of halogens is 5. The molecule has 0 spiro atoms. The Morgan fingerprint density at radius 1 is 1.23 bits per heavy atom. The quantitative estimate of drug-likeness (QED) is 0.519. The molecule has 1 fully saturated rings. The van der Waals surface area contributed by atoms with Crippen molar-refractivity contribution < 1.29 is 24.2 Å². The summed E-state index contributed by atoms with van der Waals surface area (Å²) in [5.41, 5.74) is 0. The molecule has 1 nitrogen and oxygen atoms in total. The van der Waals surface area contributed by atoms with E-state index in [-0.39, 0.29) is 12.5 Å². The van der Waals surface area contributed by atoms with Crippen LogP contribution in [0.4, 0.5) is 19.4 Å². The van der Waals surface area contributed by atoms with Crippen LogP contribution < -0.4 is 0 Å². The third kappa shape index (κ3) is 6.83. The van der Waals surface area contributed by atoms with Crippen molar-refractivity contribution in [3.8, 4) is 0 Å². The van der Waals surface area contributed by atoms with Crippen LogP contribution in [-0.2, 0) is 4.74 Å². The minimum atomic E-state index is -9.31. The number of ether oxygens (including phenoxy) is 1. The van der Waals surface area contributed by atoms with Crippen molar-refractivity contribution in [3.05, 3.63) is 11.5 Å². The third-order valence-corrected chi connectivity index (χ3v) is 2.12. The summed E-state index contributed by atoms with van der Waals surface area (Å²) in [6.45, 7) is 0.518. The molecular weight excluding hydrogens is 215 g/mol. The molecule has 13 heavy (non-hydrogen) atoms. The fourth-order valence-electron chi connectivity index (χ4n) is 0.767. The van der Waals surface area contributed by atoms with Gasteiger partial charge in [-0.1, -0.05) is 25.5 Å². The van der Waals surface area contributed by atoms with Crippen LogP contribution in [0.15, 0.2) is 11.5 Å². The lowest BCUT2D eigenvalue weighted by Gasteiger charge is -2.36. The van der Waals surface area contributed by atoms with Crippen molar-refractivity contribution in [1.82, 2.24) is 0 Å². The van der Waals surface area contributed by atoms with Gasteiger partial charge in [-0.25, -0.2) is 0 Å². The Bertz CT molecular complexity index is 225. The molecule has 1 heterocycles. The first-order valence-electron chi connectivity index (χ1n) is 3.59. The molecule has 80 valence electrons. The number of hydrogen-bond donors (Lipinski definition) is 0. The van der Waals surface area contributed by atoms with Crippen LogP contribution in [0.5, 0.6) is 0 Å². The topological polar surface area (TPSA) is 12.5 Å². The van der Waals surface area contributed by atoms with E-state index in [1.165, 1.54) is 0 Å². The van der Waals surface area contributed by atoms with Crippen molar-refractivity contribution in [2.45, 2.75) is 18.9 Å². The maximum atomic E-state index is 11.6. The Morgan fingerprint density at radius 3 is 2.15 bits per heavy atom. The van der Waals surface area contributed by atoms with Gasteiger partial charge in [-0.05, 0) is 12.8 Å². The number of hydrogen-bond acceptors (Lipinski definition) is 1. The minimum absolute atomic E-state index is 0.0315. The molecule has 1 unspecified atom stereocenters. The zero-order valence-electron chi connectivity index (χ0n) is 6.56. The summed E-state index contributed by atoms with van der Waals surface area (Å²) >= 11 is 0. The highest BCUT2D eigenvalue weighted by atomic mass is 32.5. The van der Waals surface area contributed by atoms with Crippen molar-refractivity contribution >= 4 is 10.2 Å². The molecule has 0 radical (unpaired) electrons. The van der Waals surface area contributed by atoms with Crippen LogP contribution in [-0.4, -0.2) is 12.7 Å². The number of epoxide rings is 1. The molecule has 0 aromatic rings. The Balaban J connectivity index is 2.38. The van der Waals surface area contributed by atoms with Crippen LogP contribution in [0.3, 0.4) is 0 Å². The Labute approximate surface area is 72.3 Å². The van der Waals surface area contributed by atoms with E-state index in [4.69, 9.17) is 4.74 Å². The van der Waals surface area contributed by atoms with E-state index in [9.17, 15) is 19.4 Å². The highest BCUT2D eigenvalue weighted by Crippen LogP contribution is 2.98. The lowest BCUT2D eigenvalue weighted by atomic mass is 10.2. The van der Waals surface area contributed by atoms with E-state index in [1.54, 1.807) is 0 Å². The molecule has 1 rings (SSSR count). The Morgan fingerprint density at radius 2 is 1.77 bits per heavy atom. The molecule has 1 atom stereocenters. The number of rotatable bonds is 4. The predicted molar refractivity (Wildman–Crippen MR) is 41.2 cm³/mol. The van der Waals surface area contributed by atoms with Crippen molar-refractivity contribution in [2.75, 3.05) is 6.61 Å². The van der Waals surface area contributed by atoms with Gasteiger partial charge in [0.2, 0.25) is 0 Å². The average Bonchev–Trinajstić information content (AvgIpc) is 2.57. The molecule has 0 saturated carbocycles. The average molecular weight is 224 g/mol. The first kappa shape index (κ1) is 10.8. The molecule has 1 saturated heterocycles. The lowest BCUT2D eigenvalue weighted by Crippen LogP contribution is -1.99. The lowest BCUT2D eigenvalue weighted by molar-refractivity contribution is 0.383. The summed E-state index contributed by atoms with van der Waals surface area (Å²) < 4.78 is 62.9. The Kier molecular flexibility index (Phi) is 1.98. The summed E-state index contributed by atoms with van der Waals surface area (Å²) in [6.07, 6.45) is 0.757. The summed E-state index contributed by atoms with van der Waals surface area (Å²) in [6, 6.07) is 0. The third-order valence-electron chi connectivity index (χ3n) is 1.41. The van der Waals surface area contributed by atoms with Crippen LogP contribution in [0.1, 0.15) is 12.8 Å². The maximum absolute atomic E-state index is 11.6. The summed E-state index contributed by atoms with van der Waals surface area (Å²) in [5.74, 6) is 0.